The summed E-state index contributed by atoms with van der Waals surface area (Å²) in [5.74, 6) is -0.473. The summed E-state index contributed by atoms with van der Waals surface area (Å²) in [5, 5.41) is 11.8. The van der Waals surface area contributed by atoms with Crippen LogP contribution in [-0.2, 0) is 31.8 Å². The first-order chi connectivity index (χ1) is 21.7. The van der Waals surface area contributed by atoms with Gasteiger partial charge >= 0.3 is 12.1 Å². The van der Waals surface area contributed by atoms with Crippen molar-refractivity contribution in [3.63, 3.8) is 0 Å². The van der Waals surface area contributed by atoms with Gasteiger partial charge in [0.1, 0.15) is 11.4 Å². The molecule has 1 amide bonds. The van der Waals surface area contributed by atoms with Gasteiger partial charge in [0.05, 0.1) is 12.2 Å². The van der Waals surface area contributed by atoms with Gasteiger partial charge in [-0.1, -0.05) is 46.3 Å². The number of alkyl halides is 3. The van der Waals surface area contributed by atoms with E-state index in [2.05, 4.69) is 21.2 Å². The van der Waals surface area contributed by atoms with Gasteiger partial charge in [0.15, 0.2) is 11.6 Å². The number of aliphatic imine (C=N–C) groups is 1. The Morgan fingerprint density at radius 1 is 1.04 bits per heavy atom. The van der Waals surface area contributed by atoms with Crippen molar-refractivity contribution < 1.29 is 42.1 Å². The molecule has 0 aliphatic carbocycles. The molecular weight excluding hydrogens is 669 g/mol. The highest BCUT2D eigenvalue weighted by molar-refractivity contribution is 9.10. The Bertz CT molecular complexity index is 1560. The van der Waals surface area contributed by atoms with Gasteiger partial charge in [-0.25, -0.2) is 4.99 Å². The van der Waals surface area contributed by atoms with Crippen LogP contribution in [0.1, 0.15) is 68.4 Å². The second-order valence-corrected chi connectivity index (χ2v) is 12.6. The third kappa shape index (κ3) is 8.88. The molecule has 12 heteroatoms. The van der Waals surface area contributed by atoms with Crippen LogP contribution >= 0.6 is 15.9 Å². The molecular formula is C34H36BrF3N2O6. The van der Waals surface area contributed by atoms with Crippen LogP contribution in [0.4, 0.5) is 13.2 Å². The van der Waals surface area contributed by atoms with E-state index in [-0.39, 0.29) is 37.5 Å². The summed E-state index contributed by atoms with van der Waals surface area (Å²) in [4.78, 5) is 32.0. The van der Waals surface area contributed by atoms with E-state index in [0.717, 1.165) is 12.1 Å². The minimum absolute atomic E-state index is 0.000367. The van der Waals surface area contributed by atoms with Crippen molar-refractivity contribution in [2.24, 2.45) is 4.99 Å². The number of carbonyl (C=O) groups excluding carboxylic acids is 2. The fraction of sp³-hybridized carbons (Fsp3) is 0.382. The number of hydrogen-bond donors (Lipinski definition) is 2. The number of aliphatic hydroxyl groups is 1. The average molecular weight is 706 g/mol. The highest BCUT2D eigenvalue weighted by atomic mass is 79.9. The van der Waals surface area contributed by atoms with E-state index < -0.39 is 40.9 Å². The monoisotopic (exact) mass is 704 g/mol. The number of aliphatic hydroxyl groups excluding tert-OH is 1. The number of nitrogens with zero attached hydrogens (tertiary/aromatic N) is 1. The number of esters is 1. The molecule has 0 unspecified atom stereocenters. The quantitative estimate of drug-likeness (QED) is 0.157. The zero-order valence-corrected chi connectivity index (χ0v) is 27.3. The zero-order chi connectivity index (χ0) is 33.5. The molecule has 1 heterocycles. The van der Waals surface area contributed by atoms with E-state index in [9.17, 15) is 22.8 Å². The Kier molecular flexibility index (Phi) is 11.2. The molecule has 4 rings (SSSR count). The van der Waals surface area contributed by atoms with Crippen LogP contribution in [0.3, 0.4) is 0 Å². The first-order valence-electron chi connectivity index (χ1n) is 14.7. The molecule has 3 aromatic rings. The third-order valence-corrected chi connectivity index (χ3v) is 7.78. The normalized spacial score (nSPS) is 18.0. The van der Waals surface area contributed by atoms with Crippen molar-refractivity contribution in [2.75, 3.05) is 13.2 Å². The van der Waals surface area contributed by atoms with E-state index in [4.69, 9.17) is 24.3 Å². The van der Waals surface area contributed by atoms with Gasteiger partial charge < -0.3 is 24.6 Å². The second-order valence-electron chi connectivity index (χ2n) is 11.8. The molecule has 0 aromatic heterocycles. The number of ether oxygens (including phenoxy) is 3. The summed E-state index contributed by atoms with van der Waals surface area (Å²) in [6.45, 7) is 5.32. The van der Waals surface area contributed by atoms with Gasteiger partial charge in [-0.05, 0) is 75.2 Å². The van der Waals surface area contributed by atoms with Crippen LogP contribution in [0.15, 0.2) is 82.3 Å². The summed E-state index contributed by atoms with van der Waals surface area (Å²) in [6, 6.07) is 18.7. The lowest BCUT2D eigenvalue weighted by Crippen LogP contribution is -2.48. The van der Waals surface area contributed by atoms with Gasteiger partial charge in [0, 0.05) is 41.6 Å². The van der Waals surface area contributed by atoms with E-state index >= 15 is 0 Å². The highest BCUT2D eigenvalue weighted by Gasteiger charge is 2.53. The predicted molar refractivity (Wildman–Crippen MR) is 169 cm³/mol. The Hall–Kier alpha value is -3.90. The topological polar surface area (TPSA) is 106 Å². The SMILES string of the molecule is CC(C)(C)OC(=O)CC[C@@]1(C(=O)NCc2cccc(C(F)(F)F)c2)N=C(c2ccc(OCCCO)cc2)O[C@@H]1c1ccccc1Br. The van der Waals surface area contributed by atoms with Crippen molar-refractivity contribution in [1.29, 1.82) is 0 Å². The lowest BCUT2D eigenvalue weighted by molar-refractivity contribution is -0.155. The molecule has 0 fully saturated rings. The minimum atomic E-state index is -4.54. The van der Waals surface area contributed by atoms with Gasteiger partial charge in [0.25, 0.3) is 5.91 Å². The van der Waals surface area contributed by atoms with Crippen LogP contribution in [0.25, 0.3) is 0 Å². The molecule has 1 aliphatic heterocycles. The first kappa shape index (κ1) is 35.0. The molecule has 2 atom stereocenters. The molecule has 246 valence electrons. The summed E-state index contributed by atoms with van der Waals surface area (Å²) >= 11 is 3.55. The van der Waals surface area contributed by atoms with E-state index in [1.807, 2.05) is 0 Å². The van der Waals surface area contributed by atoms with Crippen LogP contribution in [-0.4, -0.2) is 47.2 Å². The number of carbonyl (C=O) groups is 2. The molecule has 8 nitrogen and oxygen atoms in total. The number of halogens is 4. The second kappa shape index (κ2) is 14.7. The van der Waals surface area contributed by atoms with Crippen molar-refractivity contribution in [3.8, 4) is 5.75 Å². The standard InChI is InChI=1S/C34H36BrF3N2O6/c1-32(2,3)46-28(42)16-17-33(31(43)39-21-22-8-6-9-24(20-22)34(36,37)38)29(26-10-4-5-11-27(26)35)45-30(40-33)23-12-14-25(15-13-23)44-19-7-18-41/h4-6,8-15,20,29,41H,7,16-19,21H2,1-3H3,(H,39,43)/t29-,33-/m1/s1. The molecule has 1 aliphatic rings. The summed E-state index contributed by atoms with van der Waals surface area (Å²) < 4.78 is 58.3. The maximum atomic E-state index is 14.3. The lowest BCUT2D eigenvalue weighted by Gasteiger charge is -2.31. The number of rotatable bonds is 12. The average Bonchev–Trinajstić information content (AvgIpc) is 3.39. The van der Waals surface area contributed by atoms with Crippen molar-refractivity contribution in [2.45, 2.75) is 70.0 Å². The maximum Gasteiger partial charge on any atom is 0.416 e. The van der Waals surface area contributed by atoms with Crippen LogP contribution < -0.4 is 10.1 Å². The van der Waals surface area contributed by atoms with Gasteiger partial charge in [-0.15, -0.1) is 0 Å². The van der Waals surface area contributed by atoms with E-state index in [0.29, 0.717) is 34.4 Å². The van der Waals surface area contributed by atoms with Crippen molar-refractivity contribution in [3.05, 3.63) is 99.5 Å². The Morgan fingerprint density at radius 2 is 1.76 bits per heavy atom. The largest absolute Gasteiger partial charge is 0.494 e. The minimum Gasteiger partial charge on any atom is -0.494 e. The smallest absolute Gasteiger partial charge is 0.416 e. The Balaban J connectivity index is 1.73. The summed E-state index contributed by atoms with van der Waals surface area (Å²) in [7, 11) is 0. The molecule has 0 saturated carbocycles. The number of nitrogens with one attached hydrogen (secondary N) is 1. The number of hydrogen-bond acceptors (Lipinski definition) is 7. The fourth-order valence-corrected chi connectivity index (χ4v) is 5.41. The third-order valence-electron chi connectivity index (χ3n) is 7.06. The Morgan fingerprint density at radius 3 is 2.41 bits per heavy atom. The molecule has 46 heavy (non-hydrogen) atoms. The summed E-state index contributed by atoms with van der Waals surface area (Å²) in [6.07, 6.45) is -5.39. The molecule has 2 N–H and O–H groups in total. The van der Waals surface area contributed by atoms with Gasteiger partial charge in [-0.3, -0.25) is 9.59 Å². The zero-order valence-electron chi connectivity index (χ0n) is 25.7. The van der Waals surface area contributed by atoms with E-state index in [1.54, 1.807) is 69.3 Å². The molecule has 0 spiro atoms. The first-order valence-corrected chi connectivity index (χ1v) is 15.5. The molecule has 0 saturated heterocycles. The lowest BCUT2D eigenvalue weighted by atomic mass is 9.83. The van der Waals surface area contributed by atoms with Crippen LogP contribution in [0.2, 0.25) is 0 Å². The molecule has 0 radical (unpaired) electrons. The highest BCUT2D eigenvalue weighted by Crippen LogP contribution is 2.45. The van der Waals surface area contributed by atoms with Gasteiger partial charge in [0.2, 0.25) is 5.90 Å². The van der Waals surface area contributed by atoms with Crippen molar-refractivity contribution in [1.82, 2.24) is 5.32 Å². The fourth-order valence-electron chi connectivity index (χ4n) is 4.91. The van der Waals surface area contributed by atoms with Gasteiger partial charge in [-0.2, -0.15) is 13.2 Å². The molecule has 0 bridgehead atoms. The summed E-state index contributed by atoms with van der Waals surface area (Å²) in [5.41, 5.74) is -1.94. The predicted octanol–water partition coefficient (Wildman–Crippen LogP) is 6.92. The molecule has 3 aromatic carbocycles. The van der Waals surface area contributed by atoms with Crippen molar-refractivity contribution >= 4 is 33.7 Å². The maximum absolute atomic E-state index is 14.3. The van der Waals surface area contributed by atoms with E-state index in [1.165, 1.54) is 12.1 Å². The van der Waals surface area contributed by atoms with Crippen LogP contribution in [0, 0.1) is 0 Å². The number of benzene rings is 3. The van der Waals surface area contributed by atoms with Crippen LogP contribution in [0.5, 0.6) is 5.75 Å². The Labute approximate surface area is 274 Å². The number of amides is 1.